The summed E-state index contributed by atoms with van der Waals surface area (Å²) in [4.78, 5) is 17.5. The monoisotopic (exact) mass is 278 g/mol. The quantitative estimate of drug-likeness (QED) is 0.351. The largest absolute Gasteiger partial charge is 0.433 e. The number of halogens is 3. The molecule has 0 radical (unpaired) electrons. The van der Waals surface area contributed by atoms with Crippen molar-refractivity contribution in [3.8, 4) is 0 Å². The normalized spacial score (nSPS) is 11.0. The van der Waals surface area contributed by atoms with E-state index in [4.69, 9.17) is 5.84 Å². The number of aromatic nitrogens is 2. The lowest BCUT2D eigenvalue weighted by atomic mass is 10.3. The number of rotatable bonds is 5. The van der Waals surface area contributed by atoms with Gasteiger partial charge >= 0.3 is 6.18 Å². The van der Waals surface area contributed by atoms with Crippen LogP contribution in [0.1, 0.15) is 12.6 Å². The number of nitrogen functional groups attached to an aromatic ring is 1. The highest BCUT2D eigenvalue weighted by atomic mass is 19.4. The van der Waals surface area contributed by atoms with Gasteiger partial charge in [0.05, 0.1) is 0 Å². The van der Waals surface area contributed by atoms with Crippen molar-refractivity contribution in [3.05, 3.63) is 11.8 Å². The molecule has 1 aromatic rings. The first kappa shape index (κ1) is 15.0. The zero-order valence-electron chi connectivity index (χ0n) is 10.0. The van der Waals surface area contributed by atoms with Gasteiger partial charge in [0.2, 0.25) is 11.9 Å². The molecule has 0 aromatic carbocycles. The lowest BCUT2D eigenvalue weighted by molar-refractivity contribution is -0.141. The third-order valence-electron chi connectivity index (χ3n) is 1.95. The third kappa shape index (κ3) is 4.95. The summed E-state index contributed by atoms with van der Waals surface area (Å²) in [5, 5.41) is 5.11. The zero-order valence-corrected chi connectivity index (χ0v) is 10.0. The molecular formula is C9H13F3N6O. The van der Waals surface area contributed by atoms with Gasteiger partial charge in [0.25, 0.3) is 0 Å². The Morgan fingerprint density at radius 3 is 2.58 bits per heavy atom. The molecule has 0 atom stereocenters. The minimum absolute atomic E-state index is 0.0411. The highest BCUT2D eigenvalue weighted by Gasteiger charge is 2.33. The van der Waals surface area contributed by atoms with E-state index in [-0.39, 0.29) is 30.8 Å². The SMILES string of the molecule is CC(=O)NCCNc1cc(C(F)(F)F)nc(NN)n1. The van der Waals surface area contributed by atoms with Gasteiger partial charge in [0.1, 0.15) is 5.82 Å². The van der Waals surface area contributed by atoms with Gasteiger partial charge in [0, 0.05) is 26.1 Å². The maximum absolute atomic E-state index is 12.5. The topological polar surface area (TPSA) is 105 Å². The van der Waals surface area contributed by atoms with Crippen molar-refractivity contribution >= 4 is 17.7 Å². The molecule has 0 aliphatic rings. The van der Waals surface area contributed by atoms with Crippen molar-refractivity contribution in [1.82, 2.24) is 15.3 Å². The van der Waals surface area contributed by atoms with Crippen molar-refractivity contribution in [2.45, 2.75) is 13.1 Å². The first-order valence-corrected chi connectivity index (χ1v) is 5.24. The van der Waals surface area contributed by atoms with Crippen LogP contribution in [0.5, 0.6) is 0 Å². The molecule has 1 rings (SSSR count). The van der Waals surface area contributed by atoms with Crippen LogP contribution in [-0.2, 0) is 11.0 Å². The molecule has 0 spiro atoms. The van der Waals surface area contributed by atoms with Crippen LogP contribution in [0, 0.1) is 0 Å². The van der Waals surface area contributed by atoms with Crippen LogP contribution in [0.4, 0.5) is 24.9 Å². The molecule has 1 heterocycles. The summed E-state index contributed by atoms with van der Waals surface area (Å²) in [5.41, 5.74) is 0.843. The second-order valence-corrected chi connectivity index (χ2v) is 3.51. The molecule has 106 valence electrons. The number of carbonyl (C=O) groups is 1. The number of nitrogens with zero attached hydrogens (tertiary/aromatic N) is 2. The highest BCUT2D eigenvalue weighted by Crippen LogP contribution is 2.29. The first-order valence-electron chi connectivity index (χ1n) is 5.24. The summed E-state index contributed by atoms with van der Waals surface area (Å²) < 4.78 is 37.6. The van der Waals surface area contributed by atoms with E-state index < -0.39 is 11.9 Å². The summed E-state index contributed by atoms with van der Waals surface area (Å²) >= 11 is 0. The van der Waals surface area contributed by atoms with E-state index in [1.54, 1.807) is 0 Å². The molecular weight excluding hydrogens is 265 g/mol. The Hall–Kier alpha value is -2.10. The molecule has 19 heavy (non-hydrogen) atoms. The summed E-state index contributed by atoms with van der Waals surface area (Å²) in [6.07, 6.45) is -4.59. The van der Waals surface area contributed by atoms with E-state index in [0.717, 1.165) is 6.07 Å². The van der Waals surface area contributed by atoms with Gasteiger partial charge < -0.3 is 10.6 Å². The van der Waals surface area contributed by atoms with Crippen molar-refractivity contribution in [2.24, 2.45) is 5.84 Å². The lowest BCUT2D eigenvalue weighted by Gasteiger charge is -2.11. The fourth-order valence-electron chi connectivity index (χ4n) is 1.18. The van der Waals surface area contributed by atoms with Gasteiger partial charge in [-0.2, -0.15) is 18.2 Å². The average Bonchev–Trinajstić information content (AvgIpc) is 2.33. The van der Waals surface area contributed by atoms with Gasteiger partial charge in [-0.15, -0.1) is 0 Å². The molecule has 10 heteroatoms. The number of alkyl halides is 3. The molecule has 1 amide bonds. The maximum atomic E-state index is 12.5. The van der Waals surface area contributed by atoms with E-state index in [2.05, 4.69) is 20.6 Å². The fraction of sp³-hybridized carbons (Fsp3) is 0.444. The highest BCUT2D eigenvalue weighted by molar-refractivity contribution is 5.72. The third-order valence-corrected chi connectivity index (χ3v) is 1.95. The van der Waals surface area contributed by atoms with Gasteiger partial charge in [-0.25, -0.2) is 10.8 Å². The van der Waals surface area contributed by atoms with Crippen LogP contribution in [0.3, 0.4) is 0 Å². The zero-order chi connectivity index (χ0) is 14.5. The van der Waals surface area contributed by atoms with Crippen LogP contribution < -0.4 is 21.9 Å². The number of amides is 1. The maximum Gasteiger partial charge on any atom is 0.433 e. The number of nitrogens with one attached hydrogen (secondary N) is 3. The Morgan fingerprint density at radius 2 is 2.05 bits per heavy atom. The summed E-state index contributed by atoms with van der Waals surface area (Å²) in [6, 6.07) is 0.759. The van der Waals surface area contributed by atoms with Crippen molar-refractivity contribution in [1.29, 1.82) is 0 Å². The van der Waals surface area contributed by atoms with Crippen LogP contribution in [0.2, 0.25) is 0 Å². The number of nitrogens with two attached hydrogens (primary N) is 1. The molecule has 0 saturated carbocycles. The standard InChI is InChI=1S/C9H13F3N6O/c1-5(19)14-2-3-15-7-4-6(9(10,11)12)16-8(17-7)18-13/h4H,2-3,13H2,1H3,(H,14,19)(H2,15,16,17,18). The molecule has 0 unspecified atom stereocenters. The van der Waals surface area contributed by atoms with Gasteiger partial charge in [-0.05, 0) is 0 Å². The van der Waals surface area contributed by atoms with Gasteiger partial charge in [-0.3, -0.25) is 10.2 Å². The summed E-state index contributed by atoms with van der Waals surface area (Å²) in [6.45, 7) is 1.81. The number of hydrogen-bond donors (Lipinski definition) is 4. The van der Waals surface area contributed by atoms with E-state index in [9.17, 15) is 18.0 Å². The Morgan fingerprint density at radius 1 is 1.37 bits per heavy atom. The van der Waals surface area contributed by atoms with Crippen molar-refractivity contribution in [2.75, 3.05) is 23.8 Å². The summed E-state index contributed by atoms with van der Waals surface area (Å²) in [5.74, 6) is 4.38. The number of hydrazine groups is 1. The van der Waals surface area contributed by atoms with Crippen LogP contribution in [-0.4, -0.2) is 29.0 Å². The average molecular weight is 278 g/mol. The van der Waals surface area contributed by atoms with E-state index in [1.165, 1.54) is 6.92 Å². The Bertz CT molecular complexity index is 450. The van der Waals surface area contributed by atoms with Crippen molar-refractivity contribution in [3.63, 3.8) is 0 Å². The molecule has 0 bridgehead atoms. The molecule has 0 saturated heterocycles. The molecule has 0 aliphatic heterocycles. The minimum Gasteiger partial charge on any atom is -0.368 e. The number of anilines is 2. The molecule has 5 N–H and O–H groups in total. The smallest absolute Gasteiger partial charge is 0.368 e. The van der Waals surface area contributed by atoms with E-state index in [1.807, 2.05) is 5.43 Å². The minimum atomic E-state index is -4.59. The Labute approximate surface area is 106 Å². The first-order chi connectivity index (χ1) is 8.82. The van der Waals surface area contributed by atoms with Crippen LogP contribution >= 0.6 is 0 Å². The summed E-state index contributed by atoms with van der Waals surface area (Å²) in [7, 11) is 0. The van der Waals surface area contributed by atoms with E-state index >= 15 is 0 Å². The molecule has 0 aliphatic carbocycles. The molecule has 1 aromatic heterocycles. The second kappa shape index (κ2) is 6.18. The Balaban J connectivity index is 2.74. The van der Waals surface area contributed by atoms with Crippen molar-refractivity contribution < 1.29 is 18.0 Å². The van der Waals surface area contributed by atoms with Crippen LogP contribution in [0.15, 0.2) is 6.07 Å². The van der Waals surface area contributed by atoms with Gasteiger partial charge in [-0.1, -0.05) is 0 Å². The molecule has 7 nitrogen and oxygen atoms in total. The second-order valence-electron chi connectivity index (χ2n) is 3.51. The van der Waals surface area contributed by atoms with Crippen LogP contribution in [0.25, 0.3) is 0 Å². The lowest BCUT2D eigenvalue weighted by Crippen LogP contribution is -2.26. The fourth-order valence-corrected chi connectivity index (χ4v) is 1.18. The predicted molar refractivity (Wildman–Crippen MR) is 62.0 cm³/mol. The predicted octanol–water partition coefficient (Wildman–Crippen LogP) is 0.329. The molecule has 0 fully saturated rings. The van der Waals surface area contributed by atoms with E-state index in [0.29, 0.717) is 0 Å². The van der Waals surface area contributed by atoms with Gasteiger partial charge in [0.15, 0.2) is 5.69 Å². The number of hydrogen-bond acceptors (Lipinski definition) is 6. The number of carbonyl (C=O) groups excluding carboxylic acids is 1. The Kier molecular flexibility index (Phi) is 4.87.